The van der Waals surface area contributed by atoms with Crippen LogP contribution in [0.2, 0.25) is 0 Å². The Hall–Kier alpha value is -3.59. The van der Waals surface area contributed by atoms with Gasteiger partial charge < -0.3 is 19.7 Å². The number of imide groups is 1. The number of halogens is 1. The highest BCUT2D eigenvalue weighted by molar-refractivity contribution is 6.05. The van der Waals surface area contributed by atoms with Crippen LogP contribution >= 0.6 is 0 Å². The quantitative estimate of drug-likeness (QED) is 0.530. The molecule has 1 aromatic heterocycles. The van der Waals surface area contributed by atoms with Gasteiger partial charge in [-0.1, -0.05) is 12.1 Å². The van der Waals surface area contributed by atoms with E-state index in [1.807, 2.05) is 6.07 Å². The zero-order chi connectivity index (χ0) is 24.3. The summed E-state index contributed by atoms with van der Waals surface area (Å²) in [6.07, 6.45) is 2.26. The van der Waals surface area contributed by atoms with Gasteiger partial charge in [-0.15, -0.1) is 0 Å². The number of rotatable bonds is 6. The first-order chi connectivity index (χ1) is 17.0. The van der Waals surface area contributed by atoms with E-state index >= 15 is 0 Å². The number of urea groups is 1. The van der Waals surface area contributed by atoms with Crippen molar-refractivity contribution in [1.82, 2.24) is 19.7 Å². The Morgan fingerprint density at radius 3 is 2.71 bits per heavy atom. The van der Waals surface area contributed by atoms with Crippen molar-refractivity contribution in [2.24, 2.45) is 0 Å². The fourth-order valence-corrected chi connectivity index (χ4v) is 5.64. The molecule has 3 aliphatic heterocycles. The van der Waals surface area contributed by atoms with Crippen molar-refractivity contribution in [2.75, 3.05) is 33.3 Å². The van der Waals surface area contributed by atoms with Gasteiger partial charge in [0.25, 0.3) is 5.91 Å². The molecule has 4 heterocycles. The number of nitrogens with one attached hydrogen (secondary N) is 1. The summed E-state index contributed by atoms with van der Waals surface area (Å²) < 4.78 is 19.7. The fraction of sp³-hybridized carbons (Fsp3) is 0.385. The number of ether oxygens (including phenoxy) is 1. The first kappa shape index (κ1) is 21.9. The number of likely N-dealkylation sites (tertiary alicyclic amines) is 1. The van der Waals surface area contributed by atoms with Crippen molar-refractivity contribution in [1.29, 1.82) is 0 Å². The van der Waals surface area contributed by atoms with E-state index in [0.717, 1.165) is 42.7 Å². The number of hydrogen-bond donors (Lipinski definition) is 2. The second-order valence-corrected chi connectivity index (χ2v) is 9.50. The number of fused-ring (bicyclic) bond motifs is 4. The minimum Gasteiger partial charge on any atom is -0.508 e. The summed E-state index contributed by atoms with van der Waals surface area (Å²) in [6.45, 7) is 3.39. The van der Waals surface area contributed by atoms with Gasteiger partial charge in [0.2, 0.25) is 0 Å². The maximum atomic E-state index is 14.5. The Labute approximate surface area is 201 Å². The van der Waals surface area contributed by atoms with Crippen molar-refractivity contribution < 1.29 is 23.8 Å². The Morgan fingerprint density at radius 1 is 1.17 bits per heavy atom. The van der Waals surface area contributed by atoms with Crippen LogP contribution in [0.5, 0.6) is 11.5 Å². The zero-order valence-electron chi connectivity index (χ0n) is 19.5. The number of carbonyl (C=O) groups is 2. The molecule has 2 N–H and O–H groups in total. The summed E-state index contributed by atoms with van der Waals surface area (Å²) in [6, 6.07) is 8.12. The molecule has 182 valence electrons. The third-order valence-corrected chi connectivity index (χ3v) is 7.49. The highest BCUT2D eigenvalue weighted by atomic mass is 19.1. The van der Waals surface area contributed by atoms with E-state index in [-0.39, 0.29) is 23.4 Å². The molecule has 1 unspecified atom stereocenters. The minimum atomic E-state index is -0.665. The third-order valence-electron chi connectivity index (χ3n) is 7.49. The van der Waals surface area contributed by atoms with E-state index in [0.29, 0.717) is 24.0 Å². The zero-order valence-corrected chi connectivity index (χ0v) is 19.5. The Morgan fingerprint density at radius 2 is 2.00 bits per heavy atom. The fourth-order valence-electron chi connectivity index (χ4n) is 5.64. The molecule has 9 heteroatoms. The van der Waals surface area contributed by atoms with E-state index in [4.69, 9.17) is 4.74 Å². The number of aromatic hydroxyl groups is 1. The van der Waals surface area contributed by atoms with Crippen LogP contribution in [-0.4, -0.2) is 76.1 Å². The van der Waals surface area contributed by atoms with E-state index in [1.165, 1.54) is 24.5 Å². The summed E-state index contributed by atoms with van der Waals surface area (Å²) in [5, 5.41) is 10.9. The van der Waals surface area contributed by atoms with Crippen molar-refractivity contribution in [3.63, 3.8) is 0 Å². The molecule has 0 spiro atoms. The van der Waals surface area contributed by atoms with Crippen LogP contribution in [0.3, 0.4) is 0 Å². The van der Waals surface area contributed by atoms with Crippen LogP contribution in [0.15, 0.2) is 36.4 Å². The number of benzene rings is 2. The second kappa shape index (κ2) is 8.27. The lowest BCUT2D eigenvalue weighted by molar-refractivity contribution is -0.128. The largest absolute Gasteiger partial charge is 0.508 e. The molecule has 2 atom stereocenters. The van der Waals surface area contributed by atoms with Crippen LogP contribution in [0.1, 0.15) is 35.7 Å². The van der Waals surface area contributed by atoms with Gasteiger partial charge in [-0.2, -0.15) is 0 Å². The van der Waals surface area contributed by atoms with Crippen molar-refractivity contribution >= 4 is 22.8 Å². The van der Waals surface area contributed by atoms with Crippen LogP contribution < -0.4 is 4.74 Å². The van der Waals surface area contributed by atoms with Gasteiger partial charge in [-0.25, -0.2) is 9.18 Å². The average molecular weight is 479 g/mol. The normalized spacial score (nSPS) is 21.9. The maximum Gasteiger partial charge on any atom is 0.328 e. The van der Waals surface area contributed by atoms with E-state index in [1.54, 1.807) is 29.2 Å². The molecule has 2 fully saturated rings. The molecule has 2 saturated heterocycles. The predicted molar refractivity (Wildman–Crippen MR) is 127 cm³/mol. The average Bonchev–Trinajstić information content (AvgIpc) is 3.27. The number of hydrogen-bond acceptors (Lipinski definition) is 5. The lowest BCUT2D eigenvalue weighted by atomic mass is 9.88. The van der Waals surface area contributed by atoms with Gasteiger partial charge in [-0.3, -0.25) is 14.6 Å². The maximum absolute atomic E-state index is 14.5. The van der Waals surface area contributed by atoms with E-state index in [9.17, 15) is 19.1 Å². The third kappa shape index (κ3) is 3.44. The number of carbonyl (C=O) groups excluding carboxylic acids is 2. The number of aromatic nitrogens is 1. The van der Waals surface area contributed by atoms with Crippen LogP contribution in [0.25, 0.3) is 10.9 Å². The minimum absolute atomic E-state index is 0.0689. The number of aromatic amines is 1. The molecule has 8 nitrogen and oxygen atoms in total. The van der Waals surface area contributed by atoms with Gasteiger partial charge in [-0.05, 0) is 61.8 Å². The molecule has 6 rings (SSSR count). The molecule has 0 bridgehead atoms. The van der Waals surface area contributed by atoms with Gasteiger partial charge >= 0.3 is 6.03 Å². The van der Waals surface area contributed by atoms with Gasteiger partial charge in [0.1, 0.15) is 17.8 Å². The lowest BCUT2D eigenvalue weighted by Crippen LogP contribution is -2.44. The summed E-state index contributed by atoms with van der Waals surface area (Å²) in [5.74, 6) is -0.511. The number of phenolic OH excluding ortho intramolecular Hbond substituents is 1. The van der Waals surface area contributed by atoms with Crippen LogP contribution in [0.4, 0.5) is 9.18 Å². The molecule has 0 aliphatic carbocycles. The highest BCUT2D eigenvalue weighted by Crippen LogP contribution is 2.45. The summed E-state index contributed by atoms with van der Waals surface area (Å²) in [7, 11) is 1.41. The number of nitrogens with zero attached hydrogens (tertiary/aromatic N) is 3. The molecule has 0 radical (unpaired) electrons. The monoisotopic (exact) mass is 478 g/mol. The van der Waals surface area contributed by atoms with Gasteiger partial charge in [0, 0.05) is 35.6 Å². The molecular formula is C26H27FN4O4. The highest BCUT2D eigenvalue weighted by Gasteiger charge is 2.52. The Kier molecular flexibility index (Phi) is 5.17. The van der Waals surface area contributed by atoms with Crippen LogP contribution in [-0.2, 0) is 11.2 Å². The topological polar surface area (TPSA) is 89.1 Å². The smallest absolute Gasteiger partial charge is 0.328 e. The number of H-pyrrole nitrogens is 1. The summed E-state index contributed by atoms with van der Waals surface area (Å²) in [5.41, 5.74) is 2.83. The molecule has 35 heavy (non-hydrogen) atoms. The number of phenols is 1. The van der Waals surface area contributed by atoms with Crippen LogP contribution in [0, 0.1) is 5.82 Å². The van der Waals surface area contributed by atoms with E-state index in [2.05, 4.69) is 9.88 Å². The molecule has 0 saturated carbocycles. The molecular weight excluding hydrogens is 451 g/mol. The Bertz CT molecular complexity index is 1330. The van der Waals surface area contributed by atoms with Crippen molar-refractivity contribution in [3.8, 4) is 11.5 Å². The lowest BCUT2D eigenvalue weighted by Gasteiger charge is -2.36. The second-order valence-electron chi connectivity index (χ2n) is 9.50. The van der Waals surface area contributed by atoms with Gasteiger partial charge in [0.05, 0.1) is 7.11 Å². The van der Waals surface area contributed by atoms with Gasteiger partial charge in [0.15, 0.2) is 11.6 Å². The summed E-state index contributed by atoms with van der Waals surface area (Å²) in [4.78, 5) is 35.7. The van der Waals surface area contributed by atoms with Crippen molar-refractivity contribution in [3.05, 3.63) is 59.0 Å². The summed E-state index contributed by atoms with van der Waals surface area (Å²) >= 11 is 0. The number of methoxy groups -OCH3 is 1. The molecule has 3 aliphatic rings. The molecule has 2 aromatic carbocycles. The van der Waals surface area contributed by atoms with E-state index < -0.39 is 17.9 Å². The standard InChI is InChI=1S/C26H27FN4O4/c1-35-22-13-17-18-12-21-25(33)30(10-4-9-29-7-3-8-29)26(34)31(21)24(15-5-2-6-16(32)11-15)23(18)28-20(17)14-19(22)27/h2,5-6,11,13-14,21,24,28,32H,3-4,7-10,12H2,1H3/t21-,24?/m0/s1. The first-order valence-corrected chi connectivity index (χ1v) is 12.0. The molecule has 3 amide bonds. The van der Waals surface area contributed by atoms with Crippen molar-refractivity contribution in [2.45, 2.75) is 31.3 Å². The SMILES string of the molecule is COc1cc2c3c([nH]c2cc1F)C(c1cccc(O)c1)N1C(=O)N(CCCN2CCC2)C(=O)[C@@H]1C3. The first-order valence-electron chi connectivity index (χ1n) is 12.0. The molecule has 3 aromatic rings. The number of amides is 3. The Balaban J connectivity index is 1.42. The predicted octanol–water partition coefficient (Wildman–Crippen LogP) is 3.40.